The van der Waals surface area contributed by atoms with E-state index in [2.05, 4.69) is 4.52 Å². The molecule has 1 aromatic rings. The first-order chi connectivity index (χ1) is 10.8. The summed E-state index contributed by atoms with van der Waals surface area (Å²) in [6.07, 6.45) is 0.985. The number of aliphatic hydroxyl groups is 1. The molecule has 0 radical (unpaired) electrons. The highest BCUT2D eigenvalue weighted by Crippen LogP contribution is 2.46. The second-order valence-corrected chi connectivity index (χ2v) is 5.75. The molecule has 1 aliphatic heterocycles. The molecule has 1 aromatic heterocycles. The Morgan fingerprint density at radius 2 is 2.04 bits per heavy atom. The lowest BCUT2D eigenvalue weighted by atomic mass is 10.2. The van der Waals surface area contributed by atoms with Gasteiger partial charge in [-0.15, -0.1) is 0 Å². The van der Waals surface area contributed by atoms with E-state index >= 15 is 0 Å². The van der Waals surface area contributed by atoms with Crippen molar-refractivity contribution in [3.8, 4) is 0 Å². The maximum absolute atomic E-state index is 11.7. The Kier molecular flexibility index (Phi) is 7.16. The molecule has 1 aliphatic rings. The van der Waals surface area contributed by atoms with Crippen LogP contribution in [0.15, 0.2) is 15.8 Å². The van der Waals surface area contributed by atoms with Gasteiger partial charge in [0.2, 0.25) is 0 Å². The fraction of sp³-hybridized carbons (Fsp3) is 0.545. The molecule has 130 valence electrons. The molecule has 5 N–H and O–H groups in total. The fourth-order valence-electron chi connectivity index (χ4n) is 2.00. The molecule has 2 atom stereocenters. The summed E-state index contributed by atoms with van der Waals surface area (Å²) < 4.78 is 11.0. The van der Waals surface area contributed by atoms with E-state index in [1.807, 2.05) is 4.98 Å². The van der Waals surface area contributed by atoms with Gasteiger partial charge in [-0.1, -0.05) is 0 Å². The van der Waals surface area contributed by atoms with E-state index in [0.717, 1.165) is 17.9 Å². The van der Waals surface area contributed by atoms with E-state index in [0.29, 0.717) is 19.1 Å². The van der Waals surface area contributed by atoms with Crippen molar-refractivity contribution in [3.05, 3.63) is 32.6 Å². The third kappa shape index (κ3) is 5.59. The van der Waals surface area contributed by atoms with Crippen molar-refractivity contribution >= 4 is 14.5 Å². The van der Waals surface area contributed by atoms with Gasteiger partial charge in [0, 0.05) is 13.3 Å². The summed E-state index contributed by atoms with van der Waals surface area (Å²) in [5.41, 5.74) is -1.70. The second-order valence-electron chi connectivity index (χ2n) is 4.47. The fourth-order valence-corrected chi connectivity index (χ4v) is 2.36. The Hall–Kier alpha value is -1.46. The average Bonchev–Trinajstić information content (AvgIpc) is 2.95. The molecule has 12 heteroatoms. The third-order valence-electron chi connectivity index (χ3n) is 2.95. The maximum atomic E-state index is 11.7. The summed E-state index contributed by atoms with van der Waals surface area (Å²) in [5.74, 6) is 0. The zero-order chi connectivity index (χ0) is 17.6. The highest BCUT2D eigenvalue weighted by atomic mass is 31.2. The van der Waals surface area contributed by atoms with Crippen molar-refractivity contribution in [2.24, 2.45) is 0 Å². The summed E-state index contributed by atoms with van der Waals surface area (Å²) in [5, 5.41) is 7.00. The van der Waals surface area contributed by atoms with Crippen LogP contribution in [0.25, 0.3) is 0 Å². The molecule has 0 amide bonds. The lowest BCUT2D eigenvalue weighted by Crippen LogP contribution is -2.34. The predicted octanol–water partition coefficient (Wildman–Crippen LogP) is -1.69. The third-order valence-corrected chi connectivity index (χ3v) is 3.45. The zero-order valence-corrected chi connectivity index (χ0v) is 13.0. The maximum Gasteiger partial charge on any atom is 0.567 e. The first-order valence-corrected chi connectivity index (χ1v) is 7.99. The summed E-state index contributed by atoms with van der Waals surface area (Å²) >= 11 is 0. The number of ether oxygens (including phenoxy) is 1. The van der Waals surface area contributed by atoms with Gasteiger partial charge in [-0.3, -0.25) is 19.1 Å². The Labute approximate surface area is 130 Å². The van der Waals surface area contributed by atoms with E-state index in [4.69, 9.17) is 24.5 Å². The van der Waals surface area contributed by atoms with Crippen LogP contribution in [0.2, 0.25) is 0 Å². The number of hydrogen-bond acceptors (Lipinski definition) is 9. The highest BCUT2D eigenvalue weighted by molar-refractivity contribution is 7.53. The average molecular weight is 353 g/mol. The normalized spacial score (nSPS) is 20.7. The van der Waals surface area contributed by atoms with Crippen molar-refractivity contribution in [1.29, 1.82) is 0 Å². The van der Waals surface area contributed by atoms with Crippen molar-refractivity contribution in [2.75, 3.05) is 13.7 Å². The van der Waals surface area contributed by atoms with E-state index in [1.54, 1.807) is 0 Å². The first kappa shape index (κ1) is 19.6. The molecule has 2 heterocycles. The van der Waals surface area contributed by atoms with Gasteiger partial charge in [0.15, 0.2) is 6.29 Å². The smallest absolute Gasteiger partial charge is 0.400 e. The lowest BCUT2D eigenvalue weighted by molar-refractivity contribution is -0.0271. The van der Waals surface area contributed by atoms with Gasteiger partial charge < -0.3 is 9.84 Å². The van der Waals surface area contributed by atoms with Gasteiger partial charge >= 0.3 is 13.9 Å². The highest BCUT2D eigenvalue weighted by Gasteiger charge is 2.37. The summed E-state index contributed by atoms with van der Waals surface area (Å²) in [4.78, 5) is 61.8. The van der Waals surface area contributed by atoms with Crippen LogP contribution in [0.3, 0.4) is 0 Å². The summed E-state index contributed by atoms with van der Waals surface area (Å²) in [6.45, 7) is -0.258. The largest absolute Gasteiger partial charge is 0.567 e. The number of nitrogens with one attached hydrogen (secondary N) is 1. The van der Waals surface area contributed by atoms with Crippen LogP contribution >= 0.6 is 8.17 Å². The van der Waals surface area contributed by atoms with Gasteiger partial charge in [-0.2, -0.15) is 19.2 Å². The quantitative estimate of drug-likeness (QED) is 0.306. The van der Waals surface area contributed by atoms with Crippen molar-refractivity contribution in [3.63, 3.8) is 0 Å². The van der Waals surface area contributed by atoms with Gasteiger partial charge in [0.05, 0.1) is 11.7 Å². The first-order valence-electron chi connectivity index (χ1n) is 6.43. The number of hydrogen-bond donors (Lipinski definition) is 5. The molecular weight excluding hydrogens is 335 g/mol. The van der Waals surface area contributed by atoms with Crippen molar-refractivity contribution < 1.29 is 33.8 Å². The Balaban J connectivity index is 0.00000127. The van der Waals surface area contributed by atoms with E-state index in [-0.39, 0.29) is 12.2 Å². The van der Waals surface area contributed by atoms with E-state index < -0.39 is 31.8 Å². The Bertz CT molecular complexity index is 636. The van der Waals surface area contributed by atoms with Crippen LogP contribution in [-0.2, 0) is 9.26 Å². The molecule has 0 saturated carbocycles. The van der Waals surface area contributed by atoms with Crippen LogP contribution < -0.4 is 11.2 Å². The van der Waals surface area contributed by atoms with Gasteiger partial charge in [-0.25, -0.2) is 4.79 Å². The molecular formula is C11H18N2O9P+. The molecule has 0 bridgehead atoms. The van der Waals surface area contributed by atoms with Gasteiger partial charge in [-0.05, 0) is 12.8 Å². The van der Waals surface area contributed by atoms with Crippen LogP contribution in [-0.4, -0.2) is 55.4 Å². The van der Waals surface area contributed by atoms with Crippen LogP contribution in [0.1, 0.15) is 29.4 Å². The van der Waals surface area contributed by atoms with E-state index in [9.17, 15) is 14.4 Å². The number of carbonyl (C=O) groups excluding carboxylic acids is 1. The number of aldehydes is 1. The molecule has 1 saturated heterocycles. The number of aromatic nitrogens is 2. The minimum absolute atomic E-state index is 0.205. The van der Waals surface area contributed by atoms with Crippen LogP contribution in [0, 0.1) is 0 Å². The van der Waals surface area contributed by atoms with Gasteiger partial charge in [0.25, 0.3) is 5.56 Å². The Morgan fingerprint density at radius 1 is 1.39 bits per heavy atom. The minimum Gasteiger partial charge on any atom is -0.400 e. The lowest BCUT2D eigenvalue weighted by Gasteiger charge is -2.15. The summed E-state index contributed by atoms with van der Waals surface area (Å²) in [7, 11) is -3.33. The number of H-pyrrole nitrogens is 1. The summed E-state index contributed by atoms with van der Waals surface area (Å²) in [6, 6.07) is 0. The van der Waals surface area contributed by atoms with Crippen LogP contribution in [0.4, 0.5) is 0 Å². The zero-order valence-electron chi connectivity index (χ0n) is 12.2. The number of aromatic amines is 1. The molecule has 0 spiro atoms. The second kappa shape index (κ2) is 8.41. The van der Waals surface area contributed by atoms with E-state index in [1.165, 1.54) is 0 Å². The van der Waals surface area contributed by atoms with Gasteiger partial charge in [0.1, 0.15) is 12.8 Å². The molecule has 0 aromatic carbocycles. The number of nitrogens with zero attached hydrogens (tertiary/aromatic N) is 1. The molecule has 11 nitrogen and oxygen atoms in total. The molecule has 2 rings (SSSR count). The Morgan fingerprint density at radius 3 is 2.61 bits per heavy atom. The number of carbonyl (C=O) groups is 1. The number of rotatable bonds is 5. The molecule has 0 aliphatic carbocycles. The molecule has 2 unspecified atom stereocenters. The number of aliphatic hydroxyl groups excluding tert-OH is 1. The molecule has 1 fully saturated rings. The van der Waals surface area contributed by atoms with Crippen LogP contribution in [0.5, 0.6) is 0 Å². The minimum atomic E-state index is -4.33. The SMILES string of the molecule is CO.O=Cc1cn(C2CCC(CO[P+](O)(O)O)O2)c(=O)[nH]c1=O. The topological polar surface area (TPSA) is 171 Å². The van der Waals surface area contributed by atoms with Crippen molar-refractivity contribution in [2.45, 2.75) is 25.2 Å². The molecule has 23 heavy (non-hydrogen) atoms. The predicted molar refractivity (Wildman–Crippen MR) is 77.5 cm³/mol. The van der Waals surface area contributed by atoms with Crippen molar-refractivity contribution in [1.82, 2.24) is 9.55 Å². The monoisotopic (exact) mass is 353 g/mol. The standard InChI is InChI=1S/C10H13N2O8P.CH4O/c13-4-6-3-12(10(15)11-9(6)14)8-2-1-7(20-8)5-19-21(16,17)18;1-2/h3-4,7-8,16-18H,1-2,5H2;2H,1H3/p+1.